The van der Waals surface area contributed by atoms with E-state index in [1.165, 1.54) is 10.5 Å². The van der Waals surface area contributed by atoms with Crippen molar-refractivity contribution < 1.29 is 9.59 Å². The van der Waals surface area contributed by atoms with Crippen LogP contribution < -0.4 is 0 Å². The van der Waals surface area contributed by atoms with Crippen LogP contribution in [0.15, 0.2) is 24.3 Å². The van der Waals surface area contributed by atoms with Gasteiger partial charge in [-0.05, 0) is 19.8 Å². The first-order valence-corrected chi connectivity index (χ1v) is 5.27. The van der Waals surface area contributed by atoms with Gasteiger partial charge in [0, 0.05) is 6.54 Å². The first kappa shape index (κ1) is 10.1. The monoisotopic (exact) mass is 205 g/mol. The number of allylic oxidation sites excluding steroid dienone is 2. The number of amides is 2. The summed E-state index contributed by atoms with van der Waals surface area (Å²) in [4.78, 5) is 25.1. The van der Waals surface area contributed by atoms with E-state index >= 15 is 0 Å². The van der Waals surface area contributed by atoms with Gasteiger partial charge in [-0.3, -0.25) is 14.5 Å². The molecule has 1 fully saturated rings. The summed E-state index contributed by atoms with van der Waals surface area (Å²) in [6, 6.07) is 0. The van der Waals surface area contributed by atoms with Gasteiger partial charge in [-0.25, -0.2) is 0 Å². The van der Waals surface area contributed by atoms with Crippen LogP contribution in [0.1, 0.15) is 19.8 Å². The quantitative estimate of drug-likeness (QED) is 0.506. The molecule has 0 unspecified atom stereocenters. The van der Waals surface area contributed by atoms with Crippen LogP contribution in [0.25, 0.3) is 0 Å². The molecule has 2 atom stereocenters. The molecule has 3 heteroatoms. The summed E-state index contributed by atoms with van der Waals surface area (Å²) in [7, 11) is 0. The number of hydrogen-bond acceptors (Lipinski definition) is 2. The number of imide groups is 1. The molecule has 0 aromatic heterocycles. The third kappa shape index (κ3) is 1.52. The minimum Gasteiger partial charge on any atom is -0.278 e. The Hall–Kier alpha value is -1.38. The summed E-state index contributed by atoms with van der Waals surface area (Å²) in [5.74, 6) is -0.255. The molecular weight excluding hydrogens is 190 g/mol. The average molecular weight is 205 g/mol. The van der Waals surface area contributed by atoms with Gasteiger partial charge in [-0.2, -0.15) is 0 Å². The van der Waals surface area contributed by atoms with Crippen LogP contribution in [0.2, 0.25) is 0 Å². The van der Waals surface area contributed by atoms with Gasteiger partial charge in [0.25, 0.3) is 0 Å². The van der Waals surface area contributed by atoms with Crippen LogP contribution in [0.3, 0.4) is 0 Å². The van der Waals surface area contributed by atoms with Crippen LogP contribution in [-0.4, -0.2) is 23.3 Å². The summed E-state index contributed by atoms with van der Waals surface area (Å²) in [5.41, 5.74) is 1.22. The molecule has 1 aliphatic heterocycles. The molecule has 2 aliphatic rings. The predicted molar refractivity (Wildman–Crippen MR) is 56.9 cm³/mol. The van der Waals surface area contributed by atoms with Crippen LogP contribution in [-0.2, 0) is 9.59 Å². The fourth-order valence-electron chi connectivity index (χ4n) is 2.42. The molecule has 1 saturated heterocycles. The van der Waals surface area contributed by atoms with Crippen molar-refractivity contribution >= 4 is 11.8 Å². The summed E-state index contributed by atoms with van der Waals surface area (Å²) in [6.45, 7) is 5.94. The highest BCUT2D eigenvalue weighted by Gasteiger charge is 2.47. The van der Waals surface area contributed by atoms with E-state index in [4.69, 9.17) is 0 Å². The van der Waals surface area contributed by atoms with Crippen molar-refractivity contribution in [1.29, 1.82) is 0 Å². The van der Waals surface area contributed by atoms with Gasteiger partial charge in [0.2, 0.25) is 11.8 Å². The maximum atomic E-state index is 11.9. The Balaban J connectivity index is 2.24. The van der Waals surface area contributed by atoms with E-state index in [-0.39, 0.29) is 23.7 Å². The SMILES string of the molecule is C=CCN1C(=O)[C@H]2CC(C)=CC[C@H]2C1=O. The largest absolute Gasteiger partial charge is 0.278 e. The molecule has 0 N–H and O–H groups in total. The van der Waals surface area contributed by atoms with Crippen LogP contribution in [0.4, 0.5) is 0 Å². The Bertz CT molecular complexity index is 357. The van der Waals surface area contributed by atoms with Crippen LogP contribution in [0, 0.1) is 11.8 Å². The van der Waals surface area contributed by atoms with Crippen molar-refractivity contribution in [2.45, 2.75) is 19.8 Å². The van der Waals surface area contributed by atoms with Gasteiger partial charge in [-0.1, -0.05) is 17.7 Å². The summed E-state index contributed by atoms with van der Waals surface area (Å²) >= 11 is 0. The van der Waals surface area contributed by atoms with Crippen molar-refractivity contribution in [2.24, 2.45) is 11.8 Å². The number of nitrogens with zero attached hydrogens (tertiary/aromatic N) is 1. The van der Waals surface area contributed by atoms with Gasteiger partial charge in [0.1, 0.15) is 0 Å². The Morgan fingerprint density at radius 1 is 1.47 bits per heavy atom. The molecular formula is C12H15NO2. The maximum absolute atomic E-state index is 11.9. The van der Waals surface area contributed by atoms with Crippen molar-refractivity contribution in [3.8, 4) is 0 Å². The lowest BCUT2D eigenvalue weighted by Gasteiger charge is -2.19. The third-order valence-electron chi connectivity index (χ3n) is 3.23. The molecule has 0 radical (unpaired) electrons. The molecule has 15 heavy (non-hydrogen) atoms. The van der Waals surface area contributed by atoms with Crippen molar-refractivity contribution in [2.75, 3.05) is 6.54 Å². The highest BCUT2D eigenvalue weighted by atomic mass is 16.2. The first-order chi connectivity index (χ1) is 7.15. The van der Waals surface area contributed by atoms with Crippen LogP contribution in [0.5, 0.6) is 0 Å². The molecule has 0 spiro atoms. The zero-order valence-electron chi connectivity index (χ0n) is 8.90. The van der Waals surface area contributed by atoms with Gasteiger partial charge in [0.15, 0.2) is 0 Å². The van der Waals surface area contributed by atoms with Gasteiger partial charge in [-0.15, -0.1) is 6.58 Å². The zero-order chi connectivity index (χ0) is 11.0. The van der Waals surface area contributed by atoms with E-state index in [0.717, 1.165) is 6.42 Å². The Kier molecular flexibility index (Phi) is 2.47. The van der Waals surface area contributed by atoms with Gasteiger partial charge < -0.3 is 0 Å². The minimum absolute atomic E-state index is 0.0163. The van der Waals surface area contributed by atoms with Gasteiger partial charge >= 0.3 is 0 Å². The minimum atomic E-state index is -0.110. The summed E-state index contributed by atoms with van der Waals surface area (Å²) < 4.78 is 0. The lowest BCUT2D eigenvalue weighted by atomic mass is 9.82. The van der Waals surface area contributed by atoms with E-state index in [9.17, 15) is 9.59 Å². The van der Waals surface area contributed by atoms with E-state index in [1.807, 2.05) is 6.92 Å². The van der Waals surface area contributed by atoms with Gasteiger partial charge in [0.05, 0.1) is 11.8 Å². The molecule has 0 aromatic carbocycles. The normalized spacial score (nSPS) is 30.2. The van der Waals surface area contributed by atoms with Crippen molar-refractivity contribution in [3.05, 3.63) is 24.3 Å². The number of fused-ring (bicyclic) bond motifs is 1. The molecule has 1 heterocycles. The number of hydrogen-bond donors (Lipinski definition) is 0. The lowest BCUT2D eigenvalue weighted by Crippen LogP contribution is -2.31. The van der Waals surface area contributed by atoms with E-state index < -0.39 is 0 Å². The highest BCUT2D eigenvalue weighted by Crippen LogP contribution is 2.37. The standard InChI is InChI=1S/C12H15NO2/c1-3-6-13-11(14)9-5-4-8(2)7-10(9)12(13)15/h3-4,9-10H,1,5-7H2,2H3/t9-,10+/m1/s1. The number of rotatable bonds is 2. The number of likely N-dealkylation sites (tertiary alicyclic amines) is 1. The van der Waals surface area contributed by atoms with E-state index in [1.54, 1.807) is 6.08 Å². The maximum Gasteiger partial charge on any atom is 0.233 e. The molecule has 2 amide bonds. The fraction of sp³-hybridized carbons (Fsp3) is 0.500. The molecule has 0 aromatic rings. The molecule has 1 aliphatic carbocycles. The Morgan fingerprint density at radius 2 is 2.13 bits per heavy atom. The Labute approximate surface area is 89.4 Å². The summed E-state index contributed by atoms with van der Waals surface area (Å²) in [6.07, 6.45) is 5.13. The van der Waals surface area contributed by atoms with E-state index in [0.29, 0.717) is 13.0 Å². The lowest BCUT2D eigenvalue weighted by molar-refractivity contribution is -0.139. The molecule has 2 rings (SSSR count). The van der Waals surface area contributed by atoms with E-state index in [2.05, 4.69) is 12.7 Å². The molecule has 80 valence electrons. The van der Waals surface area contributed by atoms with Crippen LogP contribution >= 0.6 is 0 Å². The number of carbonyl (C=O) groups excluding carboxylic acids is 2. The molecule has 0 saturated carbocycles. The second kappa shape index (κ2) is 3.65. The van der Waals surface area contributed by atoms with Crippen molar-refractivity contribution in [3.63, 3.8) is 0 Å². The first-order valence-electron chi connectivity index (χ1n) is 5.27. The zero-order valence-corrected chi connectivity index (χ0v) is 8.90. The fourth-order valence-corrected chi connectivity index (χ4v) is 2.42. The smallest absolute Gasteiger partial charge is 0.233 e. The second-order valence-corrected chi connectivity index (χ2v) is 4.28. The predicted octanol–water partition coefficient (Wildman–Crippen LogP) is 1.51. The highest BCUT2D eigenvalue weighted by molar-refractivity contribution is 6.05. The molecule has 3 nitrogen and oxygen atoms in total. The van der Waals surface area contributed by atoms with Crippen molar-refractivity contribution in [1.82, 2.24) is 4.90 Å². The topological polar surface area (TPSA) is 37.4 Å². The Morgan fingerprint density at radius 3 is 2.80 bits per heavy atom. The second-order valence-electron chi connectivity index (χ2n) is 4.28. The molecule has 0 bridgehead atoms. The summed E-state index contributed by atoms with van der Waals surface area (Å²) in [5, 5.41) is 0. The average Bonchev–Trinajstić information content (AvgIpc) is 2.44. The third-order valence-corrected chi connectivity index (χ3v) is 3.23. The number of carbonyl (C=O) groups is 2.